The highest BCUT2D eigenvalue weighted by atomic mass is 19.2. The topological polar surface area (TPSA) is 106 Å². The van der Waals surface area contributed by atoms with Gasteiger partial charge in [-0.3, -0.25) is 9.59 Å². The first-order chi connectivity index (χ1) is 17.3. The number of carbonyl (C=O) groups excluding carboxylic acids is 2. The third-order valence-electron chi connectivity index (χ3n) is 6.30. The van der Waals surface area contributed by atoms with E-state index in [0.29, 0.717) is 46.4 Å². The molecule has 5 rings (SSSR count). The number of aliphatic hydroxyl groups excluding tert-OH is 1. The average molecular weight is 493 g/mol. The molecule has 2 amide bonds. The molecule has 1 aliphatic heterocycles. The summed E-state index contributed by atoms with van der Waals surface area (Å²) in [5.74, 6) is -2.81. The number of carbonyl (C=O) groups is 2. The van der Waals surface area contributed by atoms with Gasteiger partial charge >= 0.3 is 0 Å². The monoisotopic (exact) mass is 492 g/mol. The number of aromatic amines is 1. The van der Waals surface area contributed by atoms with Crippen molar-refractivity contribution in [3.8, 4) is 11.1 Å². The molecule has 2 heterocycles. The highest BCUT2D eigenvalue weighted by Crippen LogP contribution is 2.41. The molecule has 2 aromatic carbocycles. The second-order valence-electron chi connectivity index (χ2n) is 9.17. The molecule has 0 spiro atoms. The van der Waals surface area contributed by atoms with E-state index in [9.17, 15) is 23.5 Å². The molecule has 186 valence electrons. The molecule has 5 N–H and O–H groups in total. The van der Waals surface area contributed by atoms with Gasteiger partial charge in [-0.1, -0.05) is 24.3 Å². The lowest BCUT2D eigenvalue weighted by molar-refractivity contribution is -0.110. The van der Waals surface area contributed by atoms with Crippen LogP contribution < -0.4 is 16.0 Å². The fourth-order valence-electron chi connectivity index (χ4n) is 4.35. The van der Waals surface area contributed by atoms with Crippen molar-refractivity contribution in [3.05, 3.63) is 76.6 Å². The maximum Gasteiger partial charge on any atom is 0.256 e. The molecule has 1 saturated carbocycles. The van der Waals surface area contributed by atoms with Crippen molar-refractivity contribution >= 4 is 29.2 Å². The molecule has 0 saturated heterocycles. The van der Waals surface area contributed by atoms with Gasteiger partial charge in [-0.25, -0.2) is 8.78 Å². The van der Waals surface area contributed by atoms with Crippen LogP contribution >= 0.6 is 0 Å². The van der Waals surface area contributed by atoms with Crippen LogP contribution in [0, 0.1) is 18.6 Å². The van der Waals surface area contributed by atoms with E-state index < -0.39 is 29.6 Å². The highest BCUT2D eigenvalue weighted by molar-refractivity contribution is 6.36. The van der Waals surface area contributed by atoms with Crippen molar-refractivity contribution in [2.75, 3.05) is 18.4 Å². The fourth-order valence-corrected chi connectivity index (χ4v) is 4.35. The second kappa shape index (κ2) is 9.67. The van der Waals surface area contributed by atoms with Gasteiger partial charge < -0.3 is 26.0 Å². The molecule has 0 radical (unpaired) electrons. The Labute approximate surface area is 206 Å². The van der Waals surface area contributed by atoms with Crippen molar-refractivity contribution in [1.29, 1.82) is 0 Å². The number of aliphatic hydroxyl groups is 1. The maximum absolute atomic E-state index is 14.6. The largest absolute Gasteiger partial charge is 0.390 e. The Morgan fingerprint density at radius 3 is 2.69 bits per heavy atom. The number of amides is 2. The minimum absolute atomic E-state index is 0.0312. The number of fused-ring (bicyclic) bond motifs is 1. The number of hydrogen-bond acceptors (Lipinski definition) is 4. The summed E-state index contributed by atoms with van der Waals surface area (Å²) in [5, 5.41) is 18.8. The summed E-state index contributed by atoms with van der Waals surface area (Å²) in [5.41, 5.74) is 2.89. The number of H-pyrrole nitrogens is 1. The fraction of sp³-hybridized carbons (Fsp3) is 0.259. The van der Waals surface area contributed by atoms with Crippen LogP contribution in [0.2, 0.25) is 0 Å². The second-order valence-corrected chi connectivity index (χ2v) is 9.17. The van der Waals surface area contributed by atoms with Gasteiger partial charge in [0.1, 0.15) is 0 Å². The minimum Gasteiger partial charge on any atom is -0.390 e. The van der Waals surface area contributed by atoms with Crippen molar-refractivity contribution in [3.63, 3.8) is 0 Å². The highest BCUT2D eigenvalue weighted by Gasteiger charge is 2.29. The van der Waals surface area contributed by atoms with Gasteiger partial charge in [-0.15, -0.1) is 0 Å². The summed E-state index contributed by atoms with van der Waals surface area (Å²) in [6, 6.07) is 11.0. The lowest BCUT2D eigenvalue weighted by Crippen LogP contribution is -2.38. The van der Waals surface area contributed by atoms with Gasteiger partial charge in [-0.2, -0.15) is 0 Å². The predicted molar refractivity (Wildman–Crippen MR) is 133 cm³/mol. The number of halogens is 2. The molecular formula is C27H26F2N4O3. The predicted octanol–water partition coefficient (Wildman–Crippen LogP) is 3.60. The standard InChI is InChI=1S/C27H26F2N4O3/c1-14-10-19(26(35)31-13-16(34)12-30-15-8-9-15)23(32-14)11-20-24-17(4-3-7-22(24)33-27(20)36)18-5-2-6-21(28)25(18)29/h2-7,10-11,15-16,30,32,34H,8-9,12-13H2,1H3,(H,31,35)(H,33,36). The first-order valence-corrected chi connectivity index (χ1v) is 11.8. The molecule has 0 bridgehead atoms. The number of rotatable bonds is 8. The maximum atomic E-state index is 14.6. The molecule has 2 aliphatic rings. The lowest BCUT2D eigenvalue weighted by Gasteiger charge is -2.12. The van der Waals surface area contributed by atoms with Crippen LogP contribution in [0.3, 0.4) is 0 Å². The summed E-state index contributed by atoms with van der Waals surface area (Å²) in [7, 11) is 0. The Morgan fingerprint density at radius 2 is 1.92 bits per heavy atom. The first-order valence-electron chi connectivity index (χ1n) is 11.8. The Balaban J connectivity index is 1.45. The van der Waals surface area contributed by atoms with Gasteiger partial charge in [0, 0.05) is 41.6 Å². The van der Waals surface area contributed by atoms with Crippen LogP contribution in [0.1, 0.15) is 40.2 Å². The van der Waals surface area contributed by atoms with E-state index >= 15 is 0 Å². The van der Waals surface area contributed by atoms with E-state index in [1.54, 1.807) is 31.2 Å². The molecule has 7 nitrogen and oxygen atoms in total. The Morgan fingerprint density at radius 1 is 1.17 bits per heavy atom. The van der Waals surface area contributed by atoms with E-state index in [1.807, 2.05) is 0 Å². The van der Waals surface area contributed by atoms with Crippen molar-refractivity contribution < 1.29 is 23.5 Å². The number of benzene rings is 2. The Kier molecular flexibility index (Phi) is 6.42. The summed E-state index contributed by atoms with van der Waals surface area (Å²) in [4.78, 5) is 28.9. The van der Waals surface area contributed by atoms with Crippen LogP contribution in [0.5, 0.6) is 0 Å². The minimum atomic E-state index is -1.00. The van der Waals surface area contributed by atoms with E-state index in [2.05, 4.69) is 20.9 Å². The molecule has 1 atom stereocenters. The third-order valence-corrected chi connectivity index (χ3v) is 6.30. The van der Waals surface area contributed by atoms with E-state index in [-0.39, 0.29) is 17.7 Å². The zero-order valence-electron chi connectivity index (χ0n) is 19.6. The van der Waals surface area contributed by atoms with Crippen LogP contribution in [0.25, 0.3) is 22.8 Å². The lowest BCUT2D eigenvalue weighted by atomic mass is 9.93. The first kappa shape index (κ1) is 23.9. The normalized spacial score (nSPS) is 16.7. The quantitative estimate of drug-likeness (QED) is 0.310. The van der Waals surface area contributed by atoms with E-state index in [0.717, 1.165) is 18.9 Å². The Bertz CT molecular complexity index is 1380. The SMILES string of the molecule is Cc1cc(C(=O)NCC(O)CNC2CC2)c(C=C2C(=O)Nc3cccc(-c4cccc(F)c4F)c32)[nH]1. The zero-order valence-corrected chi connectivity index (χ0v) is 19.6. The molecule has 3 aromatic rings. The average Bonchev–Trinajstić information content (AvgIpc) is 3.54. The molecule has 1 unspecified atom stereocenters. The molecule has 9 heteroatoms. The van der Waals surface area contributed by atoms with Gasteiger partial charge in [0.25, 0.3) is 11.8 Å². The van der Waals surface area contributed by atoms with Crippen LogP contribution in [0.15, 0.2) is 42.5 Å². The summed E-state index contributed by atoms with van der Waals surface area (Å²) in [6.45, 7) is 2.25. The van der Waals surface area contributed by atoms with E-state index in [4.69, 9.17) is 0 Å². The van der Waals surface area contributed by atoms with Gasteiger partial charge in [0.05, 0.1) is 22.9 Å². The number of hydrogen-bond donors (Lipinski definition) is 5. The molecule has 1 fully saturated rings. The molecule has 1 aromatic heterocycles. The molecular weight excluding hydrogens is 466 g/mol. The number of aryl methyl sites for hydroxylation is 1. The Hall–Kier alpha value is -3.82. The number of nitrogens with one attached hydrogen (secondary N) is 4. The molecule has 1 aliphatic carbocycles. The summed E-state index contributed by atoms with van der Waals surface area (Å²) >= 11 is 0. The van der Waals surface area contributed by atoms with Crippen molar-refractivity contribution in [2.45, 2.75) is 31.9 Å². The van der Waals surface area contributed by atoms with Crippen LogP contribution in [0.4, 0.5) is 14.5 Å². The van der Waals surface area contributed by atoms with Gasteiger partial charge in [0.15, 0.2) is 11.6 Å². The van der Waals surface area contributed by atoms with E-state index in [1.165, 1.54) is 18.2 Å². The smallest absolute Gasteiger partial charge is 0.256 e. The summed E-state index contributed by atoms with van der Waals surface area (Å²) in [6.07, 6.45) is 3.01. The summed E-state index contributed by atoms with van der Waals surface area (Å²) < 4.78 is 28.6. The molecule has 36 heavy (non-hydrogen) atoms. The van der Waals surface area contributed by atoms with Crippen molar-refractivity contribution in [2.24, 2.45) is 0 Å². The van der Waals surface area contributed by atoms with Gasteiger partial charge in [0.2, 0.25) is 0 Å². The van der Waals surface area contributed by atoms with Crippen LogP contribution in [-0.2, 0) is 4.79 Å². The van der Waals surface area contributed by atoms with Gasteiger partial charge in [-0.05, 0) is 49.6 Å². The number of anilines is 1. The van der Waals surface area contributed by atoms with Crippen molar-refractivity contribution in [1.82, 2.24) is 15.6 Å². The zero-order chi connectivity index (χ0) is 25.4. The third kappa shape index (κ3) is 4.80. The number of aromatic nitrogens is 1. The van der Waals surface area contributed by atoms with Crippen LogP contribution in [-0.4, -0.2) is 47.1 Å².